The minimum atomic E-state index is -3.36. The van der Waals surface area contributed by atoms with Crippen molar-refractivity contribution in [3.05, 3.63) is 69.9 Å². The Balaban J connectivity index is 1.61. The summed E-state index contributed by atoms with van der Waals surface area (Å²) in [5, 5.41) is 4.87. The molecule has 2 aromatic carbocycles. The molecule has 0 saturated heterocycles. The number of carbonyl (C=O) groups is 1. The molecule has 0 saturated carbocycles. The number of benzene rings is 2. The van der Waals surface area contributed by atoms with Gasteiger partial charge in [0.05, 0.1) is 31.7 Å². The first-order chi connectivity index (χ1) is 15.8. The first-order valence-electron chi connectivity index (χ1n) is 10.4. The van der Waals surface area contributed by atoms with Gasteiger partial charge >= 0.3 is 0 Å². The normalized spacial score (nSPS) is 16.2. The molecular formula is C24H26N2O5S2. The largest absolute Gasteiger partial charge is 0.493 e. The maximum atomic E-state index is 12.9. The standard InChI is InChI=1S/C24H26N2O5S2/c1-30-20-12-16-9-10-26(24(22-8-5-11-32-22)19(16)14-21(20)31-2)15-23(27)25-17-6-4-7-18(13-17)33(3,28)29/h4-8,11-14,24H,9-10,15H2,1-3H3,(H,25,27). The van der Waals surface area contributed by atoms with Gasteiger partial charge in [-0.3, -0.25) is 9.69 Å². The van der Waals surface area contributed by atoms with Crippen LogP contribution in [0.5, 0.6) is 11.5 Å². The van der Waals surface area contributed by atoms with E-state index < -0.39 is 9.84 Å². The highest BCUT2D eigenvalue weighted by atomic mass is 32.2. The molecule has 1 aliphatic rings. The van der Waals surface area contributed by atoms with Gasteiger partial charge in [0.1, 0.15) is 0 Å². The molecule has 174 valence electrons. The molecule has 7 nitrogen and oxygen atoms in total. The third-order valence-corrected chi connectivity index (χ3v) is 7.71. The average molecular weight is 487 g/mol. The van der Waals surface area contributed by atoms with Crippen LogP contribution in [0.1, 0.15) is 22.0 Å². The van der Waals surface area contributed by atoms with E-state index in [-0.39, 0.29) is 23.4 Å². The fourth-order valence-electron chi connectivity index (χ4n) is 4.14. The lowest BCUT2D eigenvalue weighted by molar-refractivity contribution is -0.117. The van der Waals surface area contributed by atoms with Gasteiger partial charge in [0.15, 0.2) is 21.3 Å². The molecule has 2 heterocycles. The number of amides is 1. The number of carbonyl (C=O) groups excluding carboxylic acids is 1. The number of sulfone groups is 1. The number of anilines is 1. The van der Waals surface area contributed by atoms with Crippen LogP contribution in [0.2, 0.25) is 0 Å². The van der Waals surface area contributed by atoms with E-state index in [1.54, 1.807) is 37.7 Å². The van der Waals surface area contributed by atoms with Crippen molar-refractivity contribution in [1.82, 2.24) is 4.90 Å². The van der Waals surface area contributed by atoms with Gasteiger partial charge in [0.25, 0.3) is 0 Å². The highest BCUT2D eigenvalue weighted by Crippen LogP contribution is 2.42. The van der Waals surface area contributed by atoms with Crippen molar-refractivity contribution >= 4 is 32.8 Å². The third-order valence-electron chi connectivity index (χ3n) is 5.68. The fraction of sp³-hybridized carbons (Fsp3) is 0.292. The first kappa shape index (κ1) is 23.3. The van der Waals surface area contributed by atoms with Crippen molar-refractivity contribution in [2.24, 2.45) is 0 Å². The maximum absolute atomic E-state index is 12.9. The molecule has 0 fully saturated rings. The van der Waals surface area contributed by atoms with Crippen LogP contribution >= 0.6 is 11.3 Å². The van der Waals surface area contributed by atoms with E-state index in [0.717, 1.165) is 23.1 Å². The van der Waals surface area contributed by atoms with Crippen LogP contribution in [0, 0.1) is 0 Å². The minimum Gasteiger partial charge on any atom is -0.493 e. The number of nitrogens with one attached hydrogen (secondary N) is 1. The van der Waals surface area contributed by atoms with Crippen molar-refractivity contribution in [1.29, 1.82) is 0 Å². The van der Waals surface area contributed by atoms with Crippen LogP contribution in [-0.2, 0) is 21.1 Å². The van der Waals surface area contributed by atoms with Crippen LogP contribution in [0.15, 0.2) is 58.8 Å². The Labute approximate surface area is 197 Å². The van der Waals surface area contributed by atoms with Crippen molar-refractivity contribution in [3.63, 3.8) is 0 Å². The van der Waals surface area contributed by atoms with Gasteiger partial charge in [-0.05, 0) is 59.3 Å². The Morgan fingerprint density at radius 3 is 2.55 bits per heavy atom. The Hall–Kier alpha value is -2.88. The van der Waals surface area contributed by atoms with Gasteiger partial charge < -0.3 is 14.8 Å². The average Bonchev–Trinajstić information content (AvgIpc) is 3.32. The van der Waals surface area contributed by atoms with E-state index in [0.29, 0.717) is 23.7 Å². The summed E-state index contributed by atoms with van der Waals surface area (Å²) in [5.74, 6) is 1.14. The Kier molecular flexibility index (Phi) is 6.73. The summed E-state index contributed by atoms with van der Waals surface area (Å²) >= 11 is 1.64. The topological polar surface area (TPSA) is 84.9 Å². The fourth-order valence-corrected chi connectivity index (χ4v) is 5.68. The molecule has 3 aromatic rings. The Morgan fingerprint density at radius 2 is 1.88 bits per heavy atom. The number of hydrogen-bond acceptors (Lipinski definition) is 7. The Bertz CT molecular complexity index is 1260. The van der Waals surface area contributed by atoms with Crippen molar-refractivity contribution in [3.8, 4) is 11.5 Å². The summed E-state index contributed by atoms with van der Waals surface area (Å²) in [6.45, 7) is 0.862. The molecule has 1 atom stereocenters. The number of fused-ring (bicyclic) bond motifs is 1. The van der Waals surface area contributed by atoms with Crippen molar-refractivity contribution in [2.45, 2.75) is 17.4 Å². The first-order valence-corrected chi connectivity index (χ1v) is 13.2. The van der Waals surface area contributed by atoms with E-state index in [1.807, 2.05) is 23.6 Å². The molecule has 1 unspecified atom stereocenters. The lowest BCUT2D eigenvalue weighted by Crippen LogP contribution is -2.40. The second-order valence-electron chi connectivity index (χ2n) is 7.89. The molecule has 1 amide bonds. The van der Waals surface area contributed by atoms with Crippen LogP contribution in [0.3, 0.4) is 0 Å². The number of hydrogen-bond donors (Lipinski definition) is 1. The molecule has 9 heteroatoms. The van der Waals surface area contributed by atoms with Crippen molar-refractivity contribution < 1.29 is 22.7 Å². The van der Waals surface area contributed by atoms with Crippen molar-refractivity contribution in [2.75, 3.05) is 38.9 Å². The zero-order chi connectivity index (χ0) is 23.6. The molecule has 1 N–H and O–H groups in total. The van der Waals surface area contributed by atoms with Gasteiger partial charge in [-0.1, -0.05) is 12.1 Å². The smallest absolute Gasteiger partial charge is 0.238 e. The van der Waals surface area contributed by atoms with Crippen LogP contribution in [0.25, 0.3) is 0 Å². The molecule has 1 aromatic heterocycles. The molecule has 1 aliphatic heterocycles. The van der Waals surface area contributed by atoms with Gasteiger partial charge in [-0.15, -0.1) is 11.3 Å². The molecule has 0 spiro atoms. The molecule has 0 bridgehead atoms. The van der Waals surface area contributed by atoms with Crippen LogP contribution in [0.4, 0.5) is 5.69 Å². The highest BCUT2D eigenvalue weighted by molar-refractivity contribution is 7.90. The Morgan fingerprint density at radius 1 is 1.12 bits per heavy atom. The number of methoxy groups -OCH3 is 2. The second kappa shape index (κ2) is 9.54. The zero-order valence-electron chi connectivity index (χ0n) is 18.7. The minimum absolute atomic E-state index is 0.0957. The predicted molar refractivity (Wildman–Crippen MR) is 129 cm³/mol. The van der Waals surface area contributed by atoms with E-state index in [4.69, 9.17) is 9.47 Å². The quantitative estimate of drug-likeness (QED) is 0.548. The molecular weight excluding hydrogens is 460 g/mol. The maximum Gasteiger partial charge on any atom is 0.238 e. The van der Waals surface area contributed by atoms with E-state index >= 15 is 0 Å². The lowest BCUT2D eigenvalue weighted by Gasteiger charge is -2.37. The number of rotatable bonds is 7. The zero-order valence-corrected chi connectivity index (χ0v) is 20.3. The summed E-state index contributed by atoms with van der Waals surface area (Å²) in [6.07, 6.45) is 1.92. The highest BCUT2D eigenvalue weighted by Gasteiger charge is 2.32. The van der Waals surface area contributed by atoms with E-state index in [9.17, 15) is 13.2 Å². The SMILES string of the molecule is COc1cc2c(cc1OC)C(c1cccs1)N(CC(=O)Nc1cccc(S(C)(=O)=O)c1)CC2. The van der Waals surface area contributed by atoms with Crippen LogP contribution < -0.4 is 14.8 Å². The number of ether oxygens (including phenoxy) is 2. The lowest BCUT2D eigenvalue weighted by atomic mass is 9.91. The summed E-state index contributed by atoms with van der Waals surface area (Å²) < 4.78 is 34.7. The summed E-state index contributed by atoms with van der Waals surface area (Å²) in [5.41, 5.74) is 2.72. The van der Waals surface area contributed by atoms with Gasteiger partial charge in [-0.2, -0.15) is 0 Å². The molecule has 4 rings (SSSR count). The van der Waals surface area contributed by atoms with E-state index in [2.05, 4.69) is 16.3 Å². The summed E-state index contributed by atoms with van der Waals surface area (Å²) in [7, 11) is -0.117. The monoisotopic (exact) mass is 486 g/mol. The van der Waals surface area contributed by atoms with Gasteiger partial charge in [0.2, 0.25) is 5.91 Å². The predicted octanol–water partition coefficient (Wildman–Crippen LogP) is 3.76. The number of thiophene rings is 1. The van der Waals surface area contributed by atoms with E-state index in [1.165, 1.54) is 17.7 Å². The van der Waals surface area contributed by atoms with Gasteiger partial charge in [-0.25, -0.2) is 8.42 Å². The summed E-state index contributed by atoms with van der Waals surface area (Å²) in [6, 6.07) is 14.3. The number of nitrogens with zero attached hydrogens (tertiary/aromatic N) is 1. The molecule has 0 radical (unpaired) electrons. The molecule has 33 heavy (non-hydrogen) atoms. The molecule has 0 aliphatic carbocycles. The summed E-state index contributed by atoms with van der Waals surface area (Å²) in [4.78, 5) is 16.4. The second-order valence-corrected chi connectivity index (χ2v) is 10.9. The van der Waals surface area contributed by atoms with Gasteiger partial charge in [0, 0.05) is 23.4 Å². The third kappa shape index (κ3) is 5.05. The van der Waals surface area contributed by atoms with Crippen LogP contribution in [-0.4, -0.2) is 52.8 Å².